The van der Waals surface area contributed by atoms with E-state index in [-0.39, 0.29) is 6.42 Å². The molecule has 7 heteroatoms. The van der Waals surface area contributed by atoms with Gasteiger partial charge in [0, 0.05) is 6.42 Å². The molecule has 0 saturated heterocycles. The van der Waals surface area contributed by atoms with E-state index in [1.165, 1.54) is 0 Å². The molecule has 0 aliphatic carbocycles. The topological polar surface area (TPSA) is 97.7 Å². The minimum absolute atomic E-state index is 0.0145. The van der Waals surface area contributed by atoms with E-state index < -0.39 is 28.0 Å². The van der Waals surface area contributed by atoms with Crippen LogP contribution in [-0.2, 0) is 23.9 Å². The number of carbonyl (C=O) groups is 2. The first-order valence-corrected chi connectivity index (χ1v) is 6.69. The Labute approximate surface area is 94.7 Å². The number of carboxylic acids is 1. The summed E-state index contributed by atoms with van der Waals surface area (Å²) in [6, 6.07) is 0. The molecule has 0 aliphatic heterocycles. The van der Waals surface area contributed by atoms with Crippen molar-refractivity contribution in [3.8, 4) is 0 Å². The Morgan fingerprint density at radius 3 is 2.31 bits per heavy atom. The van der Waals surface area contributed by atoms with Gasteiger partial charge in [-0.1, -0.05) is 13.3 Å². The van der Waals surface area contributed by atoms with Crippen molar-refractivity contribution in [2.75, 3.05) is 6.26 Å². The van der Waals surface area contributed by atoms with Gasteiger partial charge in [0.25, 0.3) is 0 Å². The van der Waals surface area contributed by atoms with Gasteiger partial charge in [-0.15, -0.1) is 0 Å². The average molecular weight is 252 g/mol. The standard InChI is InChI=1S/C9H16O6S/c1-7(9(11)12)5-3-4-6-8(10)15-16(2,13)14/h7H,3-6H2,1-2H3,(H,11,12). The second-order valence-corrected chi connectivity index (χ2v) is 5.22. The SMILES string of the molecule is CC(CCCCC(=O)OS(C)(=O)=O)C(=O)O. The van der Waals surface area contributed by atoms with Crippen LogP contribution in [0, 0.1) is 5.92 Å². The highest BCUT2D eigenvalue weighted by atomic mass is 32.2. The number of hydrogen-bond donors (Lipinski definition) is 1. The Bertz CT molecular complexity index is 345. The lowest BCUT2D eigenvalue weighted by Crippen LogP contribution is -2.12. The molecule has 16 heavy (non-hydrogen) atoms. The normalized spacial score (nSPS) is 13.1. The van der Waals surface area contributed by atoms with Gasteiger partial charge in [-0.25, -0.2) is 0 Å². The molecule has 0 rings (SSSR count). The monoisotopic (exact) mass is 252 g/mol. The van der Waals surface area contributed by atoms with Gasteiger partial charge >= 0.3 is 22.1 Å². The molecule has 0 fully saturated rings. The molecular weight excluding hydrogens is 236 g/mol. The van der Waals surface area contributed by atoms with Crippen molar-refractivity contribution in [2.45, 2.75) is 32.6 Å². The van der Waals surface area contributed by atoms with Crippen molar-refractivity contribution < 1.29 is 27.3 Å². The molecule has 1 N–H and O–H groups in total. The Kier molecular flexibility index (Phi) is 6.02. The summed E-state index contributed by atoms with van der Waals surface area (Å²) < 4.78 is 25.2. The summed E-state index contributed by atoms with van der Waals surface area (Å²) in [6.45, 7) is 1.58. The number of carboxylic acid groups (broad SMARTS) is 1. The first-order valence-electron chi connectivity index (χ1n) is 4.87. The van der Waals surface area contributed by atoms with Crippen LogP contribution in [0.25, 0.3) is 0 Å². The van der Waals surface area contributed by atoms with Crippen molar-refractivity contribution in [1.82, 2.24) is 0 Å². The predicted molar refractivity (Wildman–Crippen MR) is 56.2 cm³/mol. The third kappa shape index (κ3) is 8.22. The van der Waals surface area contributed by atoms with E-state index in [2.05, 4.69) is 4.18 Å². The molecule has 0 bridgehead atoms. The number of unbranched alkanes of at least 4 members (excludes halogenated alkanes) is 1. The van der Waals surface area contributed by atoms with E-state index in [4.69, 9.17) is 5.11 Å². The summed E-state index contributed by atoms with van der Waals surface area (Å²) in [6.07, 6.45) is 2.22. The van der Waals surface area contributed by atoms with E-state index in [1.807, 2.05) is 0 Å². The van der Waals surface area contributed by atoms with Gasteiger partial charge in [-0.05, 0) is 12.8 Å². The van der Waals surface area contributed by atoms with E-state index in [0.29, 0.717) is 19.3 Å². The van der Waals surface area contributed by atoms with Crippen LogP contribution in [0.15, 0.2) is 0 Å². The smallest absolute Gasteiger partial charge is 0.322 e. The Balaban J connectivity index is 3.68. The molecule has 0 aromatic heterocycles. The van der Waals surface area contributed by atoms with Crippen LogP contribution in [0.2, 0.25) is 0 Å². The van der Waals surface area contributed by atoms with E-state index >= 15 is 0 Å². The molecule has 0 aromatic carbocycles. The van der Waals surface area contributed by atoms with Crippen LogP contribution >= 0.6 is 0 Å². The van der Waals surface area contributed by atoms with E-state index in [0.717, 1.165) is 6.26 Å². The van der Waals surface area contributed by atoms with Gasteiger partial charge < -0.3 is 9.29 Å². The van der Waals surface area contributed by atoms with Gasteiger partial charge in [0.2, 0.25) is 0 Å². The van der Waals surface area contributed by atoms with Crippen molar-refractivity contribution in [2.24, 2.45) is 5.92 Å². The maximum atomic E-state index is 10.9. The molecule has 1 unspecified atom stereocenters. The fourth-order valence-corrected chi connectivity index (χ4v) is 1.47. The Morgan fingerprint density at radius 2 is 1.88 bits per heavy atom. The zero-order valence-electron chi connectivity index (χ0n) is 9.30. The highest BCUT2D eigenvalue weighted by Crippen LogP contribution is 2.10. The molecule has 0 radical (unpaired) electrons. The third-order valence-electron chi connectivity index (χ3n) is 1.93. The third-order valence-corrected chi connectivity index (χ3v) is 2.42. The highest BCUT2D eigenvalue weighted by molar-refractivity contribution is 7.86. The summed E-state index contributed by atoms with van der Waals surface area (Å²) in [4.78, 5) is 21.4. The van der Waals surface area contributed by atoms with Crippen molar-refractivity contribution in [3.05, 3.63) is 0 Å². The first-order chi connectivity index (χ1) is 7.22. The molecule has 0 amide bonds. The van der Waals surface area contributed by atoms with Crippen LogP contribution in [0.4, 0.5) is 0 Å². The molecule has 0 spiro atoms. The van der Waals surface area contributed by atoms with Crippen LogP contribution < -0.4 is 0 Å². The van der Waals surface area contributed by atoms with Gasteiger partial charge in [0.05, 0.1) is 12.2 Å². The molecule has 1 atom stereocenters. The van der Waals surface area contributed by atoms with Gasteiger partial charge in [0.15, 0.2) is 0 Å². The zero-order chi connectivity index (χ0) is 12.8. The minimum Gasteiger partial charge on any atom is -0.481 e. The van der Waals surface area contributed by atoms with Crippen LogP contribution in [0.5, 0.6) is 0 Å². The number of hydrogen-bond acceptors (Lipinski definition) is 5. The maximum absolute atomic E-state index is 10.9. The van der Waals surface area contributed by atoms with Crippen molar-refractivity contribution in [1.29, 1.82) is 0 Å². The molecule has 6 nitrogen and oxygen atoms in total. The highest BCUT2D eigenvalue weighted by Gasteiger charge is 2.12. The summed E-state index contributed by atoms with van der Waals surface area (Å²) >= 11 is 0. The van der Waals surface area contributed by atoms with Gasteiger partial charge in [0.1, 0.15) is 0 Å². The number of carbonyl (C=O) groups excluding carboxylic acids is 1. The number of rotatable bonds is 7. The second kappa shape index (κ2) is 6.47. The maximum Gasteiger partial charge on any atom is 0.322 e. The molecule has 0 aliphatic rings. The van der Waals surface area contributed by atoms with E-state index in [9.17, 15) is 18.0 Å². The van der Waals surface area contributed by atoms with Gasteiger partial charge in [-0.2, -0.15) is 8.42 Å². The van der Waals surface area contributed by atoms with Crippen LogP contribution in [-0.4, -0.2) is 31.7 Å². The van der Waals surface area contributed by atoms with E-state index in [1.54, 1.807) is 6.92 Å². The largest absolute Gasteiger partial charge is 0.481 e. The minimum atomic E-state index is -3.73. The lowest BCUT2D eigenvalue weighted by molar-refractivity contribution is -0.141. The second-order valence-electron chi connectivity index (χ2n) is 3.64. The molecular formula is C9H16O6S. The van der Waals surface area contributed by atoms with Crippen molar-refractivity contribution in [3.63, 3.8) is 0 Å². The number of aliphatic carboxylic acids is 1. The Hall–Kier alpha value is -1.11. The molecule has 0 heterocycles. The van der Waals surface area contributed by atoms with Gasteiger partial charge in [-0.3, -0.25) is 9.59 Å². The average Bonchev–Trinajstić information content (AvgIpc) is 2.08. The van der Waals surface area contributed by atoms with Crippen LogP contribution in [0.3, 0.4) is 0 Å². The summed E-state index contributed by atoms with van der Waals surface area (Å²) in [5.41, 5.74) is 0. The molecule has 0 aromatic rings. The molecule has 94 valence electrons. The quantitative estimate of drug-likeness (QED) is 0.531. The zero-order valence-corrected chi connectivity index (χ0v) is 10.1. The lowest BCUT2D eigenvalue weighted by atomic mass is 10.0. The summed E-state index contributed by atoms with van der Waals surface area (Å²) in [7, 11) is -3.73. The Morgan fingerprint density at radius 1 is 1.31 bits per heavy atom. The predicted octanol–water partition coefficient (Wildman–Crippen LogP) is 0.770. The lowest BCUT2D eigenvalue weighted by Gasteiger charge is -2.05. The fraction of sp³-hybridized carbons (Fsp3) is 0.778. The summed E-state index contributed by atoms with van der Waals surface area (Å²) in [5.74, 6) is -2.13. The van der Waals surface area contributed by atoms with Crippen molar-refractivity contribution >= 4 is 22.1 Å². The molecule has 0 saturated carbocycles. The first kappa shape index (κ1) is 14.9. The summed E-state index contributed by atoms with van der Waals surface area (Å²) in [5, 5.41) is 8.57. The fourth-order valence-electron chi connectivity index (χ4n) is 1.05. The van der Waals surface area contributed by atoms with Crippen LogP contribution in [0.1, 0.15) is 32.6 Å².